The number of carbonyl (C=O) groups is 1. The number of ketones is 1. The Labute approximate surface area is 160 Å². The van der Waals surface area contributed by atoms with Gasteiger partial charge >= 0.3 is 0 Å². The number of aryl methyl sites for hydroxylation is 2. The molecule has 2 aromatic heterocycles. The van der Waals surface area contributed by atoms with Crippen molar-refractivity contribution in [3.05, 3.63) is 52.5 Å². The van der Waals surface area contributed by atoms with Crippen molar-refractivity contribution in [2.24, 2.45) is 0 Å². The summed E-state index contributed by atoms with van der Waals surface area (Å²) >= 11 is 3.11. The van der Waals surface area contributed by atoms with E-state index in [0.717, 1.165) is 18.1 Å². The second kappa shape index (κ2) is 8.86. The van der Waals surface area contributed by atoms with Gasteiger partial charge in [0.25, 0.3) is 0 Å². The van der Waals surface area contributed by atoms with Gasteiger partial charge in [-0.1, -0.05) is 17.8 Å². The molecule has 0 saturated carbocycles. The van der Waals surface area contributed by atoms with Crippen molar-refractivity contribution in [2.75, 3.05) is 20.0 Å². The third-order valence-electron chi connectivity index (χ3n) is 3.80. The Morgan fingerprint density at radius 2 is 2.15 bits per heavy atom. The van der Waals surface area contributed by atoms with Gasteiger partial charge in [-0.3, -0.25) is 4.79 Å². The molecule has 0 aliphatic carbocycles. The van der Waals surface area contributed by atoms with E-state index in [1.54, 1.807) is 50.1 Å². The molecule has 0 aliphatic heterocycles. The Hall–Kier alpha value is -2.32. The van der Waals surface area contributed by atoms with E-state index in [1.165, 1.54) is 16.6 Å². The van der Waals surface area contributed by atoms with E-state index in [9.17, 15) is 4.79 Å². The van der Waals surface area contributed by atoms with Gasteiger partial charge in [0.15, 0.2) is 10.9 Å². The SMILES string of the molecule is COc1ccc(OC)c(C(=O)CSc2nncn2CCc2cccs2)c1. The van der Waals surface area contributed by atoms with Crippen LogP contribution >= 0.6 is 23.1 Å². The molecule has 0 N–H and O–H groups in total. The molecule has 0 aliphatic rings. The molecule has 0 saturated heterocycles. The summed E-state index contributed by atoms with van der Waals surface area (Å²) in [4.78, 5) is 13.9. The van der Waals surface area contributed by atoms with E-state index in [4.69, 9.17) is 9.47 Å². The summed E-state index contributed by atoms with van der Waals surface area (Å²) in [7, 11) is 3.12. The van der Waals surface area contributed by atoms with Gasteiger partial charge in [0, 0.05) is 11.4 Å². The number of rotatable bonds is 9. The lowest BCUT2D eigenvalue weighted by Crippen LogP contribution is -2.07. The zero-order valence-corrected chi connectivity index (χ0v) is 16.2. The number of Topliss-reactive ketones (excluding diaryl/α,β-unsaturated/α-hetero) is 1. The van der Waals surface area contributed by atoms with Crippen LogP contribution in [0.3, 0.4) is 0 Å². The van der Waals surface area contributed by atoms with Crippen LogP contribution in [0.1, 0.15) is 15.2 Å². The standard InChI is InChI=1S/C18H19N3O3S2/c1-23-13-5-6-17(24-2)15(10-13)16(22)11-26-18-20-19-12-21(18)8-7-14-4-3-9-25-14/h3-6,9-10,12H,7-8,11H2,1-2H3. The van der Waals surface area contributed by atoms with Gasteiger partial charge in [0.05, 0.1) is 25.5 Å². The van der Waals surface area contributed by atoms with Gasteiger partial charge in [-0.05, 0) is 36.1 Å². The van der Waals surface area contributed by atoms with Crippen LogP contribution in [-0.2, 0) is 13.0 Å². The van der Waals surface area contributed by atoms with Gasteiger partial charge in [-0.15, -0.1) is 21.5 Å². The van der Waals surface area contributed by atoms with Crippen molar-refractivity contribution in [1.82, 2.24) is 14.8 Å². The number of carbonyl (C=O) groups excluding carboxylic acids is 1. The monoisotopic (exact) mass is 389 g/mol. The van der Waals surface area contributed by atoms with E-state index in [-0.39, 0.29) is 11.5 Å². The maximum atomic E-state index is 12.6. The highest BCUT2D eigenvalue weighted by Gasteiger charge is 2.16. The van der Waals surface area contributed by atoms with E-state index >= 15 is 0 Å². The fraction of sp³-hybridized carbons (Fsp3) is 0.278. The summed E-state index contributed by atoms with van der Waals surface area (Å²) in [6, 6.07) is 9.36. The van der Waals surface area contributed by atoms with Crippen LogP contribution in [0, 0.1) is 0 Å². The third-order valence-corrected chi connectivity index (χ3v) is 5.72. The third kappa shape index (κ3) is 4.44. The molecule has 0 atom stereocenters. The summed E-state index contributed by atoms with van der Waals surface area (Å²) in [6.45, 7) is 0.784. The molecule has 3 aromatic rings. The van der Waals surface area contributed by atoms with E-state index in [0.29, 0.717) is 17.1 Å². The number of benzene rings is 1. The van der Waals surface area contributed by atoms with Crippen LogP contribution in [0.25, 0.3) is 0 Å². The molecule has 0 spiro atoms. The van der Waals surface area contributed by atoms with E-state index in [1.807, 2.05) is 10.6 Å². The predicted octanol–water partition coefficient (Wildman–Crippen LogP) is 3.57. The fourth-order valence-corrected chi connectivity index (χ4v) is 3.96. The quantitative estimate of drug-likeness (QED) is 0.412. The maximum Gasteiger partial charge on any atom is 0.191 e. The first-order valence-electron chi connectivity index (χ1n) is 7.99. The highest BCUT2D eigenvalue weighted by atomic mass is 32.2. The minimum absolute atomic E-state index is 0.0430. The molecule has 0 amide bonds. The largest absolute Gasteiger partial charge is 0.497 e. The highest BCUT2D eigenvalue weighted by molar-refractivity contribution is 7.99. The molecule has 0 radical (unpaired) electrons. The number of hydrogen-bond acceptors (Lipinski definition) is 7. The normalized spacial score (nSPS) is 10.7. The van der Waals surface area contributed by atoms with Gasteiger partial charge in [0.2, 0.25) is 0 Å². The first-order chi connectivity index (χ1) is 12.7. The molecule has 8 heteroatoms. The first kappa shape index (κ1) is 18.5. The number of nitrogens with zero attached hydrogens (tertiary/aromatic N) is 3. The van der Waals surface area contributed by atoms with Gasteiger partial charge in [-0.25, -0.2) is 0 Å². The Balaban J connectivity index is 1.64. The Morgan fingerprint density at radius 1 is 1.27 bits per heavy atom. The fourth-order valence-electron chi connectivity index (χ4n) is 2.43. The summed E-state index contributed by atoms with van der Waals surface area (Å²) < 4.78 is 12.5. The minimum atomic E-state index is -0.0430. The molecule has 26 heavy (non-hydrogen) atoms. The van der Waals surface area contributed by atoms with Gasteiger partial charge in [-0.2, -0.15) is 0 Å². The second-order valence-electron chi connectivity index (χ2n) is 5.41. The average Bonchev–Trinajstić information content (AvgIpc) is 3.35. The van der Waals surface area contributed by atoms with Crippen molar-refractivity contribution >= 4 is 28.9 Å². The van der Waals surface area contributed by atoms with Gasteiger partial charge in [0.1, 0.15) is 17.8 Å². The zero-order chi connectivity index (χ0) is 18.4. The first-order valence-corrected chi connectivity index (χ1v) is 9.86. The Kier molecular flexibility index (Phi) is 6.30. The molecule has 2 heterocycles. The minimum Gasteiger partial charge on any atom is -0.497 e. The molecule has 0 fully saturated rings. The molecule has 136 valence electrons. The second-order valence-corrected chi connectivity index (χ2v) is 7.39. The topological polar surface area (TPSA) is 66.2 Å². The zero-order valence-electron chi connectivity index (χ0n) is 14.5. The number of aromatic nitrogens is 3. The van der Waals surface area contributed by atoms with E-state index < -0.39 is 0 Å². The summed E-state index contributed by atoms with van der Waals surface area (Å²) in [5.41, 5.74) is 0.504. The number of hydrogen-bond donors (Lipinski definition) is 0. The van der Waals surface area contributed by atoms with Crippen LogP contribution < -0.4 is 9.47 Å². The van der Waals surface area contributed by atoms with Crippen molar-refractivity contribution in [1.29, 1.82) is 0 Å². The van der Waals surface area contributed by atoms with Crippen LogP contribution in [0.15, 0.2) is 47.2 Å². The summed E-state index contributed by atoms with van der Waals surface area (Å²) in [5.74, 6) is 1.37. The summed E-state index contributed by atoms with van der Waals surface area (Å²) in [6.07, 6.45) is 2.62. The molecule has 3 rings (SSSR count). The number of ether oxygens (including phenoxy) is 2. The van der Waals surface area contributed by atoms with Crippen LogP contribution in [-0.4, -0.2) is 40.5 Å². The Morgan fingerprint density at radius 3 is 2.88 bits per heavy atom. The molecule has 1 aromatic carbocycles. The number of thioether (sulfide) groups is 1. The van der Waals surface area contributed by atoms with Crippen LogP contribution in [0.2, 0.25) is 0 Å². The van der Waals surface area contributed by atoms with Crippen molar-refractivity contribution in [3.8, 4) is 11.5 Å². The lowest BCUT2D eigenvalue weighted by Gasteiger charge is -2.10. The van der Waals surface area contributed by atoms with Crippen LogP contribution in [0.4, 0.5) is 0 Å². The predicted molar refractivity (Wildman–Crippen MR) is 103 cm³/mol. The van der Waals surface area contributed by atoms with Gasteiger partial charge < -0.3 is 14.0 Å². The molecule has 6 nitrogen and oxygen atoms in total. The maximum absolute atomic E-state index is 12.6. The number of methoxy groups -OCH3 is 2. The lowest BCUT2D eigenvalue weighted by molar-refractivity contribution is 0.101. The summed E-state index contributed by atoms with van der Waals surface area (Å²) in [5, 5.41) is 10.9. The van der Waals surface area contributed by atoms with Crippen molar-refractivity contribution in [3.63, 3.8) is 0 Å². The van der Waals surface area contributed by atoms with E-state index in [2.05, 4.69) is 21.6 Å². The van der Waals surface area contributed by atoms with Crippen molar-refractivity contribution < 1.29 is 14.3 Å². The molecular formula is C18H19N3O3S2. The molecular weight excluding hydrogens is 370 g/mol. The lowest BCUT2D eigenvalue weighted by atomic mass is 10.1. The molecule has 0 bridgehead atoms. The highest BCUT2D eigenvalue weighted by Crippen LogP contribution is 2.26. The Bertz CT molecular complexity index is 862. The van der Waals surface area contributed by atoms with Crippen LogP contribution in [0.5, 0.6) is 11.5 Å². The van der Waals surface area contributed by atoms with Crippen molar-refractivity contribution in [2.45, 2.75) is 18.1 Å². The average molecular weight is 390 g/mol. The molecule has 0 unspecified atom stereocenters. The number of thiophene rings is 1. The smallest absolute Gasteiger partial charge is 0.191 e.